The van der Waals surface area contributed by atoms with Gasteiger partial charge < -0.3 is 15.2 Å². The van der Waals surface area contributed by atoms with Crippen LogP contribution in [0.4, 0.5) is 17.1 Å². The van der Waals surface area contributed by atoms with Gasteiger partial charge in [0.15, 0.2) is 11.5 Å². The Labute approximate surface area is 160 Å². The van der Waals surface area contributed by atoms with E-state index in [1.165, 1.54) is 17.2 Å². The number of nitrogens with one attached hydrogen (secondary N) is 1. The smallest absolute Gasteiger partial charge is 0.338 e. The van der Waals surface area contributed by atoms with E-state index >= 15 is 0 Å². The lowest BCUT2D eigenvalue weighted by Crippen LogP contribution is -2.10. The van der Waals surface area contributed by atoms with Gasteiger partial charge in [0, 0.05) is 6.07 Å². The highest BCUT2D eigenvalue weighted by atomic mass is 16.6. The first-order valence-electron chi connectivity index (χ1n) is 8.56. The fourth-order valence-electron chi connectivity index (χ4n) is 3.15. The minimum atomic E-state index is -1.27. The van der Waals surface area contributed by atoms with Gasteiger partial charge in [-0.25, -0.2) is 4.79 Å². The van der Waals surface area contributed by atoms with Gasteiger partial charge in [0.25, 0.3) is 5.69 Å². The lowest BCUT2D eigenvalue weighted by Gasteiger charge is -2.23. The van der Waals surface area contributed by atoms with Crippen LogP contribution in [0.15, 0.2) is 48.5 Å². The Hall–Kier alpha value is -3.87. The molecule has 4 rings (SSSR count). The highest BCUT2D eigenvalue weighted by Gasteiger charge is 2.26. The molecule has 7 nitrogen and oxygen atoms in total. The molecule has 2 N–H and O–H groups in total. The molecule has 0 saturated carbocycles. The molecular weight excluding hydrogens is 360 g/mol. The van der Waals surface area contributed by atoms with Crippen molar-refractivity contribution in [1.29, 1.82) is 0 Å². The fraction of sp³-hybridized carbons (Fsp3) is 0.0952. The molecule has 0 radical (unpaired) electrons. The number of fused-ring (bicyclic) bond motifs is 2. The number of carboxylic acids is 1. The van der Waals surface area contributed by atoms with Crippen molar-refractivity contribution < 1.29 is 19.6 Å². The zero-order chi connectivity index (χ0) is 20.0. The number of nitro benzene ring substituents is 1. The molecule has 140 valence electrons. The number of aryl methyl sites for hydroxylation is 2. The average molecular weight is 376 g/mol. The number of anilines is 2. The van der Waals surface area contributed by atoms with Gasteiger partial charge in [-0.3, -0.25) is 10.1 Å². The number of rotatable bonds is 3. The molecule has 0 saturated heterocycles. The quantitative estimate of drug-likeness (QED) is 0.365. The largest absolute Gasteiger partial charge is 0.478 e. The molecular formula is C21H16N2O5. The topological polar surface area (TPSA) is 102 Å². The zero-order valence-corrected chi connectivity index (χ0v) is 15.1. The maximum atomic E-state index is 11.5. The van der Waals surface area contributed by atoms with Crippen LogP contribution >= 0.6 is 0 Å². The summed E-state index contributed by atoms with van der Waals surface area (Å²) < 4.78 is 5.84. The Morgan fingerprint density at radius 3 is 2.39 bits per heavy atom. The first kappa shape index (κ1) is 17.5. The van der Waals surface area contributed by atoms with Gasteiger partial charge in [0.1, 0.15) is 0 Å². The van der Waals surface area contributed by atoms with Crippen LogP contribution in [0, 0.1) is 24.0 Å². The molecule has 0 spiro atoms. The highest BCUT2D eigenvalue weighted by molar-refractivity contribution is 5.99. The Morgan fingerprint density at radius 2 is 1.71 bits per heavy atom. The van der Waals surface area contributed by atoms with Gasteiger partial charge in [-0.2, -0.15) is 0 Å². The summed E-state index contributed by atoms with van der Waals surface area (Å²) in [5.41, 5.74) is 4.55. The van der Waals surface area contributed by atoms with Crippen molar-refractivity contribution in [3.8, 4) is 22.6 Å². The Kier molecular flexibility index (Phi) is 4.00. The van der Waals surface area contributed by atoms with Crippen molar-refractivity contribution in [2.45, 2.75) is 13.8 Å². The zero-order valence-electron chi connectivity index (χ0n) is 15.1. The minimum Gasteiger partial charge on any atom is -0.478 e. The van der Waals surface area contributed by atoms with E-state index in [-0.39, 0.29) is 22.7 Å². The second-order valence-electron chi connectivity index (χ2n) is 6.67. The third-order valence-electron chi connectivity index (χ3n) is 4.83. The lowest BCUT2D eigenvalue weighted by atomic mass is 9.99. The van der Waals surface area contributed by atoms with Crippen LogP contribution in [-0.4, -0.2) is 16.0 Å². The molecule has 0 fully saturated rings. The second-order valence-corrected chi connectivity index (χ2v) is 6.67. The monoisotopic (exact) mass is 376 g/mol. The number of carbonyl (C=O) groups is 1. The van der Waals surface area contributed by atoms with Crippen LogP contribution < -0.4 is 10.1 Å². The normalized spacial score (nSPS) is 11.6. The molecule has 0 atom stereocenters. The van der Waals surface area contributed by atoms with E-state index in [9.17, 15) is 20.0 Å². The molecule has 3 aromatic rings. The number of hydrogen-bond acceptors (Lipinski definition) is 5. The van der Waals surface area contributed by atoms with E-state index in [1.807, 2.05) is 38.1 Å². The number of hydrogen-bond donors (Lipinski definition) is 2. The maximum Gasteiger partial charge on any atom is 0.338 e. The van der Waals surface area contributed by atoms with Crippen molar-refractivity contribution >= 4 is 23.0 Å². The van der Waals surface area contributed by atoms with Gasteiger partial charge in [-0.05, 0) is 48.2 Å². The summed E-state index contributed by atoms with van der Waals surface area (Å²) in [5.74, 6) is -0.692. The van der Waals surface area contributed by atoms with Crippen LogP contribution in [0.5, 0.6) is 11.5 Å². The van der Waals surface area contributed by atoms with Crippen molar-refractivity contribution in [1.82, 2.24) is 0 Å². The van der Waals surface area contributed by atoms with E-state index in [0.717, 1.165) is 17.2 Å². The molecule has 0 amide bonds. The second kappa shape index (κ2) is 6.38. The summed E-state index contributed by atoms with van der Waals surface area (Å²) in [6, 6.07) is 13.9. The molecule has 3 aromatic carbocycles. The molecule has 0 unspecified atom stereocenters. The Morgan fingerprint density at radius 1 is 1.00 bits per heavy atom. The molecule has 1 aliphatic heterocycles. The summed E-state index contributed by atoms with van der Waals surface area (Å²) in [5, 5.41) is 23.6. The standard InChI is InChI=1S/C21H16N2O5/c1-11-3-4-13(7-12(11)2)14-5-6-17-18(8-14)28-19-10-15(23(26)27)9-16(21(24)25)20(19)22-17/h3-10,22H,1-2H3,(H,24,25). The number of non-ortho nitro benzene ring substituents is 1. The van der Waals surface area contributed by atoms with Crippen molar-refractivity contribution in [3.63, 3.8) is 0 Å². The van der Waals surface area contributed by atoms with Crippen molar-refractivity contribution in [3.05, 3.63) is 75.3 Å². The van der Waals surface area contributed by atoms with Crippen LogP contribution in [0.2, 0.25) is 0 Å². The van der Waals surface area contributed by atoms with Crippen LogP contribution in [-0.2, 0) is 0 Å². The predicted octanol–water partition coefficient (Wildman–Crippen LogP) is 5.43. The lowest BCUT2D eigenvalue weighted by molar-refractivity contribution is -0.384. The number of nitro groups is 1. The summed E-state index contributed by atoms with van der Waals surface area (Å²) in [6.45, 7) is 4.08. The molecule has 7 heteroatoms. The Bertz CT molecular complexity index is 1150. The van der Waals surface area contributed by atoms with Crippen molar-refractivity contribution in [2.24, 2.45) is 0 Å². The molecule has 28 heavy (non-hydrogen) atoms. The van der Waals surface area contributed by atoms with Crippen LogP contribution in [0.25, 0.3) is 11.1 Å². The highest BCUT2D eigenvalue weighted by Crippen LogP contribution is 2.46. The van der Waals surface area contributed by atoms with Gasteiger partial charge >= 0.3 is 5.97 Å². The molecule has 1 aliphatic rings. The van der Waals surface area contributed by atoms with Gasteiger partial charge in [-0.1, -0.05) is 24.3 Å². The predicted molar refractivity (Wildman–Crippen MR) is 105 cm³/mol. The molecule has 1 heterocycles. The van der Waals surface area contributed by atoms with Gasteiger partial charge in [0.2, 0.25) is 0 Å². The van der Waals surface area contributed by atoms with E-state index in [2.05, 4.69) is 11.4 Å². The van der Waals surface area contributed by atoms with E-state index in [1.54, 1.807) is 6.07 Å². The average Bonchev–Trinajstić information content (AvgIpc) is 2.67. The first-order chi connectivity index (χ1) is 13.3. The van der Waals surface area contributed by atoms with E-state index in [0.29, 0.717) is 11.4 Å². The number of carboxylic acid groups (broad SMARTS) is 1. The maximum absolute atomic E-state index is 11.5. The Balaban J connectivity index is 1.79. The molecule has 0 aromatic heterocycles. The summed E-state index contributed by atoms with van der Waals surface area (Å²) >= 11 is 0. The van der Waals surface area contributed by atoms with Crippen LogP contribution in [0.3, 0.4) is 0 Å². The first-order valence-corrected chi connectivity index (χ1v) is 8.56. The third-order valence-corrected chi connectivity index (χ3v) is 4.83. The molecule has 0 aliphatic carbocycles. The summed E-state index contributed by atoms with van der Waals surface area (Å²) in [6.07, 6.45) is 0. The van der Waals surface area contributed by atoms with Gasteiger partial charge in [0.05, 0.1) is 27.9 Å². The third kappa shape index (κ3) is 2.92. The number of benzene rings is 3. The SMILES string of the molecule is Cc1ccc(-c2ccc3c(c2)Oc2cc([N+](=O)[O-])cc(C(=O)O)c2N3)cc1C. The number of aromatic carboxylic acids is 1. The van der Waals surface area contributed by atoms with E-state index < -0.39 is 10.9 Å². The molecule has 0 bridgehead atoms. The van der Waals surface area contributed by atoms with E-state index in [4.69, 9.17) is 4.74 Å². The summed E-state index contributed by atoms with van der Waals surface area (Å²) in [4.78, 5) is 22.0. The van der Waals surface area contributed by atoms with Crippen LogP contribution in [0.1, 0.15) is 21.5 Å². The number of ether oxygens (including phenoxy) is 1. The van der Waals surface area contributed by atoms with Gasteiger partial charge in [-0.15, -0.1) is 0 Å². The van der Waals surface area contributed by atoms with Crippen molar-refractivity contribution in [2.75, 3.05) is 5.32 Å². The minimum absolute atomic E-state index is 0.108. The summed E-state index contributed by atoms with van der Waals surface area (Å²) in [7, 11) is 0. The number of nitrogens with zero attached hydrogens (tertiary/aromatic N) is 1. The fourth-order valence-corrected chi connectivity index (χ4v) is 3.15.